The standard InChI is InChI=1S/C35H45N3O5/c1-8-25(4)38(33(41)30(37-34(42)43-35(5,6)7)21-26-16-18-28(39)19-17-26)31(29-20-23(2)14-15-24(29)3)32(40)36-22-27-12-10-9-11-13-27/h9-20,25,30-31,39H,8,21-22H2,1-7H3,(H,36,40)(H,37,42). The Morgan fingerprint density at radius 1 is 0.930 bits per heavy atom. The minimum atomic E-state index is -1.04. The molecule has 3 aromatic rings. The van der Waals surface area contributed by atoms with Gasteiger partial charge in [0, 0.05) is 19.0 Å². The first-order valence-corrected chi connectivity index (χ1v) is 14.8. The molecule has 0 bridgehead atoms. The fraction of sp³-hybridized carbons (Fsp3) is 0.400. The van der Waals surface area contributed by atoms with Gasteiger partial charge in [-0.05, 0) is 82.3 Å². The molecule has 8 heteroatoms. The van der Waals surface area contributed by atoms with Gasteiger partial charge in [0.1, 0.15) is 23.4 Å². The molecular formula is C35H45N3O5. The number of ether oxygens (including phenoxy) is 1. The van der Waals surface area contributed by atoms with Crippen molar-refractivity contribution in [3.63, 3.8) is 0 Å². The van der Waals surface area contributed by atoms with Crippen molar-refractivity contribution in [2.45, 2.75) is 91.6 Å². The summed E-state index contributed by atoms with van der Waals surface area (Å²) in [5.41, 5.74) is 3.46. The van der Waals surface area contributed by atoms with Crippen LogP contribution in [0.5, 0.6) is 5.75 Å². The van der Waals surface area contributed by atoms with Crippen LogP contribution in [0.2, 0.25) is 0 Å². The van der Waals surface area contributed by atoms with Crippen LogP contribution >= 0.6 is 0 Å². The molecule has 0 aromatic heterocycles. The Morgan fingerprint density at radius 3 is 2.19 bits per heavy atom. The van der Waals surface area contributed by atoms with Crippen molar-refractivity contribution in [3.05, 3.63) is 101 Å². The first-order valence-electron chi connectivity index (χ1n) is 14.8. The first kappa shape index (κ1) is 33.2. The van der Waals surface area contributed by atoms with Gasteiger partial charge in [0.2, 0.25) is 11.8 Å². The molecule has 0 fully saturated rings. The molecule has 3 N–H and O–H groups in total. The lowest BCUT2D eigenvalue weighted by atomic mass is 9.94. The Hall–Kier alpha value is -4.33. The molecule has 3 amide bonds. The molecule has 0 saturated carbocycles. The minimum Gasteiger partial charge on any atom is -0.508 e. The lowest BCUT2D eigenvalue weighted by molar-refractivity contribution is -0.145. The second-order valence-corrected chi connectivity index (χ2v) is 12.0. The number of carbonyl (C=O) groups is 3. The van der Waals surface area contributed by atoms with Crippen molar-refractivity contribution in [1.29, 1.82) is 0 Å². The Morgan fingerprint density at radius 2 is 1.58 bits per heavy atom. The van der Waals surface area contributed by atoms with Crippen LogP contribution in [0, 0.1) is 13.8 Å². The predicted octanol–water partition coefficient (Wildman–Crippen LogP) is 6.13. The molecule has 0 aliphatic carbocycles. The minimum absolute atomic E-state index is 0.0954. The van der Waals surface area contributed by atoms with E-state index in [0.717, 1.165) is 27.8 Å². The van der Waals surface area contributed by atoms with E-state index in [0.29, 0.717) is 13.0 Å². The predicted molar refractivity (Wildman–Crippen MR) is 169 cm³/mol. The van der Waals surface area contributed by atoms with E-state index in [-0.39, 0.29) is 24.1 Å². The number of aryl methyl sites for hydroxylation is 2. The maximum absolute atomic E-state index is 14.6. The normalized spacial score (nSPS) is 13.4. The summed E-state index contributed by atoms with van der Waals surface area (Å²) in [4.78, 5) is 43.4. The number of benzene rings is 3. The van der Waals surface area contributed by atoms with Crippen molar-refractivity contribution in [1.82, 2.24) is 15.5 Å². The van der Waals surface area contributed by atoms with Crippen molar-refractivity contribution in [2.75, 3.05) is 0 Å². The number of alkyl carbamates (subject to hydrolysis) is 1. The van der Waals surface area contributed by atoms with Crippen LogP contribution in [-0.4, -0.2) is 45.6 Å². The first-order chi connectivity index (χ1) is 20.3. The van der Waals surface area contributed by atoms with Crippen molar-refractivity contribution in [3.8, 4) is 5.75 Å². The Bertz CT molecular complexity index is 1380. The van der Waals surface area contributed by atoms with Crippen LogP contribution in [-0.2, 0) is 27.3 Å². The van der Waals surface area contributed by atoms with Gasteiger partial charge in [-0.3, -0.25) is 9.59 Å². The number of phenolic OH excluding ortho intramolecular Hbond substituents is 1. The molecule has 3 unspecified atom stereocenters. The Balaban J connectivity index is 2.08. The molecule has 0 spiro atoms. The van der Waals surface area contributed by atoms with Crippen LogP contribution < -0.4 is 10.6 Å². The topological polar surface area (TPSA) is 108 Å². The Labute approximate surface area is 255 Å². The zero-order chi connectivity index (χ0) is 31.7. The van der Waals surface area contributed by atoms with E-state index in [2.05, 4.69) is 10.6 Å². The number of carbonyl (C=O) groups excluding carboxylic acids is 3. The van der Waals surface area contributed by atoms with E-state index in [9.17, 15) is 19.5 Å². The summed E-state index contributed by atoms with van der Waals surface area (Å²) in [6.45, 7) is 13.3. The molecule has 230 valence electrons. The highest BCUT2D eigenvalue weighted by atomic mass is 16.6. The molecule has 0 aliphatic heterocycles. The van der Waals surface area contributed by atoms with Crippen LogP contribution in [0.3, 0.4) is 0 Å². The second kappa shape index (κ2) is 14.7. The van der Waals surface area contributed by atoms with Gasteiger partial charge in [0.05, 0.1) is 0 Å². The molecule has 3 aromatic carbocycles. The van der Waals surface area contributed by atoms with E-state index >= 15 is 0 Å². The highest BCUT2D eigenvalue weighted by Crippen LogP contribution is 2.30. The van der Waals surface area contributed by atoms with Crippen LogP contribution in [0.4, 0.5) is 4.79 Å². The number of nitrogens with one attached hydrogen (secondary N) is 2. The van der Waals surface area contributed by atoms with Gasteiger partial charge in [-0.1, -0.05) is 73.2 Å². The SMILES string of the molecule is CCC(C)N(C(=O)C(Cc1ccc(O)cc1)NC(=O)OC(C)(C)C)C(C(=O)NCc1ccccc1)c1cc(C)ccc1C. The molecule has 0 radical (unpaired) electrons. The zero-order valence-electron chi connectivity index (χ0n) is 26.3. The van der Waals surface area contributed by atoms with Gasteiger partial charge in [-0.2, -0.15) is 0 Å². The number of hydrogen-bond donors (Lipinski definition) is 3. The van der Waals surface area contributed by atoms with E-state index in [1.54, 1.807) is 37.8 Å². The van der Waals surface area contributed by atoms with Gasteiger partial charge >= 0.3 is 6.09 Å². The van der Waals surface area contributed by atoms with Crippen molar-refractivity contribution < 1.29 is 24.2 Å². The number of phenols is 1. The quantitative estimate of drug-likeness (QED) is 0.250. The summed E-state index contributed by atoms with van der Waals surface area (Å²) in [7, 11) is 0. The fourth-order valence-corrected chi connectivity index (χ4v) is 4.85. The summed E-state index contributed by atoms with van der Waals surface area (Å²) >= 11 is 0. The van der Waals surface area contributed by atoms with Gasteiger partial charge < -0.3 is 25.4 Å². The van der Waals surface area contributed by atoms with Crippen LogP contribution in [0.25, 0.3) is 0 Å². The second-order valence-electron chi connectivity index (χ2n) is 12.0. The lowest BCUT2D eigenvalue weighted by Gasteiger charge is -2.39. The highest BCUT2D eigenvalue weighted by Gasteiger charge is 2.39. The largest absolute Gasteiger partial charge is 0.508 e. The molecular weight excluding hydrogens is 542 g/mol. The van der Waals surface area contributed by atoms with Crippen molar-refractivity contribution in [2.24, 2.45) is 0 Å². The van der Waals surface area contributed by atoms with E-state index in [1.165, 1.54) is 12.1 Å². The van der Waals surface area contributed by atoms with Crippen LogP contribution in [0.1, 0.15) is 74.9 Å². The number of rotatable bonds is 11. The third kappa shape index (κ3) is 9.60. The molecule has 3 rings (SSSR count). The monoisotopic (exact) mass is 587 g/mol. The van der Waals surface area contributed by atoms with E-state index in [4.69, 9.17) is 4.74 Å². The van der Waals surface area contributed by atoms with Crippen molar-refractivity contribution >= 4 is 17.9 Å². The third-order valence-corrected chi connectivity index (χ3v) is 7.25. The van der Waals surface area contributed by atoms with Gasteiger partial charge in [-0.15, -0.1) is 0 Å². The van der Waals surface area contributed by atoms with Gasteiger partial charge in [0.25, 0.3) is 0 Å². The highest BCUT2D eigenvalue weighted by molar-refractivity contribution is 5.92. The molecule has 0 aliphatic rings. The molecule has 8 nitrogen and oxygen atoms in total. The van der Waals surface area contributed by atoms with Gasteiger partial charge in [0.15, 0.2) is 0 Å². The number of hydrogen-bond acceptors (Lipinski definition) is 5. The fourth-order valence-electron chi connectivity index (χ4n) is 4.85. The smallest absolute Gasteiger partial charge is 0.408 e. The summed E-state index contributed by atoms with van der Waals surface area (Å²) in [6, 6.07) is 19.6. The van der Waals surface area contributed by atoms with Gasteiger partial charge in [-0.25, -0.2) is 4.79 Å². The zero-order valence-corrected chi connectivity index (χ0v) is 26.3. The molecule has 0 heterocycles. The number of amides is 3. The lowest BCUT2D eigenvalue weighted by Crippen LogP contribution is -2.56. The summed E-state index contributed by atoms with van der Waals surface area (Å²) < 4.78 is 5.52. The van der Waals surface area contributed by atoms with E-state index < -0.39 is 29.7 Å². The number of aromatic hydroxyl groups is 1. The summed E-state index contributed by atoms with van der Waals surface area (Å²) in [6.07, 6.45) is -0.0148. The maximum atomic E-state index is 14.6. The van der Waals surface area contributed by atoms with Crippen LogP contribution in [0.15, 0.2) is 72.8 Å². The Kier molecular flexibility index (Phi) is 11.4. The van der Waals surface area contributed by atoms with E-state index in [1.807, 2.05) is 76.2 Å². The average Bonchev–Trinajstić information content (AvgIpc) is 2.95. The number of nitrogens with zero attached hydrogens (tertiary/aromatic N) is 1. The molecule has 0 saturated heterocycles. The molecule has 43 heavy (non-hydrogen) atoms. The third-order valence-electron chi connectivity index (χ3n) is 7.25. The maximum Gasteiger partial charge on any atom is 0.408 e. The summed E-state index contributed by atoms with van der Waals surface area (Å²) in [5.74, 6) is -0.626. The molecule has 3 atom stereocenters. The average molecular weight is 588 g/mol. The summed E-state index contributed by atoms with van der Waals surface area (Å²) in [5, 5.41) is 15.6.